The summed E-state index contributed by atoms with van der Waals surface area (Å²) in [7, 11) is 2.61. The predicted molar refractivity (Wildman–Crippen MR) is 236 cm³/mol. The Balaban J connectivity index is 0.935. The maximum absolute atomic E-state index is 13.8. The van der Waals surface area contributed by atoms with Crippen molar-refractivity contribution in [3.05, 3.63) is 71.2 Å². The molecule has 3 saturated heterocycles. The van der Waals surface area contributed by atoms with E-state index in [1.54, 1.807) is 11.3 Å². The lowest BCUT2D eigenvalue weighted by atomic mass is 9.82. The van der Waals surface area contributed by atoms with Crippen LogP contribution in [0.3, 0.4) is 0 Å². The molecule has 0 saturated carbocycles. The molecular formula is C47H55N7O7S. The zero-order valence-electron chi connectivity index (χ0n) is 36.2. The summed E-state index contributed by atoms with van der Waals surface area (Å²) in [5.74, 6) is 0.312. The average Bonchev–Trinajstić information content (AvgIpc) is 4.12. The molecule has 4 amide bonds. The number of nitrogens with one attached hydrogen (secondary N) is 3. The quantitative estimate of drug-likeness (QED) is 0.135. The second kappa shape index (κ2) is 17.0. The number of aromatic amines is 1. The van der Waals surface area contributed by atoms with Crippen molar-refractivity contribution < 1.29 is 33.4 Å². The molecular weight excluding hydrogens is 807 g/mol. The number of ether oxygens (including phenoxy) is 3. The standard InChI is InChI=1S/C47H55N7O7S/c1-24(2)41(51-46(57)59-5)44(55)53-19-7-9-33(53)31-22-27-21-26(11-14-30(27)49-31)28-12-13-29(40-36-16-15-35(61-36)39(28)40)37-17-18-38(62-37)32-23-48-43(50-32)34-10-8-20-54(34)45(56)42(25(3)4)52-47(58)60-6/h11-14,17-18,21,23-25,33-36,41-42H,7-10,15-16,19-20,22H2,1-6H3,(H,48,50)(H,51,57)(H,52,58)/t33-,34-,35?,36?,41-,42-/m0/s1. The van der Waals surface area contributed by atoms with Crippen molar-refractivity contribution >= 4 is 46.7 Å². The van der Waals surface area contributed by atoms with Gasteiger partial charge < -0.3 is 39.6 Å². The van der Waals surface area contributed by atoms with E-state index in [1.165, 1.54) is 36.5 Å². The number of alkyl carbamates (subject to hydrolysis) is 2. The Morgan fingerprint density at radius 1 is 0.774 bits per heavy atom. The molecule has 3 fully saturated rings. The van der Waals surface area contributed by atoms with Gasteiger partial charge >= 0.3 is 12.2 Å². The van der Waals surface area contributed by atoms with Crippen LogP contribution in [0.15, 0.2) is 53.7 Å². The number of carbonyl (C=O) groups is 4. The Bertz CT molecular complexity index is 2440. The van der Waals surface area contributed by atoms with E-state index in [0.29, 0.717) is 19.5 Å². The highest BCUT2D eigenvalue weighted by Gasteiger charge is 2.43. The van der Waals surface area contributed by atoms with E-state index in [4.69, 9.17) is 24.2 Å². The van der Waals surface area contributed by atoms with E-state index in [0.717, 1.165) is 82.3 Å². The van der Waals surface area contributed by atoms with Crippen LogP contribution in [0.2, 0.25) is 0 Å². The number of fused-ring (bicyclic) bond motifs is 6. The van der Waals surface area contributed by atoms with Crippen molar-refractivity contribution in [3.63, 3.8) is 0 Å². The van der Waals surface area contributed by atoms with Gasteiger partial charge in [0.05, 0.1) is 61.0 Å². The Hall–Kier alpha value is -5.54. The minimum Gasteiger partial charge on any atom is -0.453 e. The smallest absolute Gasteiger partial charge is 0.407 e. The number of aliphatic imine (C=N–C) groups is 1. The Kier molecular flexibility index (Phi) is 11.4. The molecule has 326 valence electrons. The van der Waals surface area contributed by atoms with Crippen LogP contribution in [0.4, 0.5) is 15.3 Å². The van der Waals surface area contributed by atoms with Crippen LogP contribution in [0, 0.1) is 11.8 Å². The molecule has 5 aliphatic rings. The first-order valence-corrected chi connectivity index (χ1v) is 22.7. The lowest BCUT2D eigenvalue weighted by molar-refractivity contribution is -0.135. The molecule has 0 spiro atoms. The summed E-state index contributed by atoms with van der Waals surface area (Å²) in [6.07, 6.45) is 6.72. The zero-order valence-corrected chi connectivity index (χ0v) is 37.0. The summed E-state index contributed by atoms with van der Waals surface area (Å²) in [6.45, 7) is 8.91. The predicted octanol–water partition coefficient (Wildman–Crippen LogP) is 8.42. The summed E-state index contributed by atoms with van der Waals surface area (Å²) in [5, 5.41) is 5.47. The van der Waals surface area contributed by atoms with Crippen molar-refractivity contribution in [2.75, 3.05) is 27.3 Å². The van der Waals surface area contributed by atoms with E-state index in [-0.39, 0.29) is 47.9 Å². The van der Waals surface area contributed by atoms with Gasteiger partial charge in [-0.15, -0.1) is 11.3 Å². The normalized spacial score (nSPS) is 22.2. The van der Waals surface area contributed by atoms with Gasteiger partial charge in [-0.2, -0.15) is 0 Å². The number of nitrogens with zero attached hydrogens (tertiary/aromatic N) is 4. The van der Waals surface area contributed by atoms with Gasteiger partial charge in [0.1, 0.15) is 17.9 Å². The van der Waals surface area contributed by atoms with Crippen molar-refractivity contribution in [1.29, 1.82) is 0 Å². The topological polar surface area (TPSA) is 168 Å². The van der Waals surface area contributed by atoms with Crippen molar-refractivity contribution in [2.45, 2.75) is 109 Å². The Labute approximate surface area is 365 Å². The molecule has 0 radical (unpaired) electrons. The molecule has 15 heteroatoms. The lowest BCUT2D eigenvalue weighted by Crippen LogP contribution is -2.53. The van der Waals surface area contributed by atoms with Crippen molar-refractivity contribution in [3.8, 4) is 32.1 Å². The Morgan fingerprint density at radius 3 is 2.02 bits per heavy atom. The first kappa shape index (κ1) is 41.8. The minimum absolute atomic E-state index is 0.0420. The van der Waals surface area contributed by atoms with Gasteiger partial charge in [0, 0.05) is 30.1 Å². The number of thiophene rings is 1. The maximum atomic E-state index is 13.8. The number of imidazole rings is 1. The van der Waals surface area contributed by atoms with Gasteiger partial charge in [0.15, 0.2) is 0 Å². The number of aromatic nitrogens is 2. The number of hydrogen-bond acceptors (Lipinski definition) is 10. The minimum atomic E-state index is -0.691. The third-order valence-corrected chi connectivity index (χ3v) is 14.4. The first-order valence-electron chi connectivity index (χ1n) is 21.9. The highest BCUT2D eigenvalue weighted by molar-refractivity contribution is 7.18. The van der Waals surface area contributed by atoms with Crippen LogP contribution in [0.25, 0.3) is 32.1 Å². The summed E-state index contributed by atoms with van der Waals surface area (Å²) in [6, 6.07) is 13.6. The van der Waals surface area contributed by atoms with Gasteiger partial charge in [-0.25, -0.2) is 14.6 Å². The van der Waals surface area contributed by atoms with Crippen LogP contribution >= 0.6 is 11.3 Å². The van der Waals surface area contributed by atoms with Gasteiger partial charge in [0.2, 0.25) is 11.8 Å². The zero-order chi connectivity index (χ0) is 43.4. The maximum Gasteiger partial charge on any atom is 0.407 e. The number of rotatable bonds is 11. The first-order chi connectivity index (χ1) is 29.9. The number of likely N-dealkylation sites (tertiary alicyclic amines) is 2. The van der Waals surface area contributed by atoms with Crippen LogP contribution < -0.4 is 10.6 Å². The van der Waals surface area contributed by atoms with E-state index >= 15 is 0 Å². The van der Waals surface area contributed by atoms with Crippen molar-refractivity contribution in [1.82, 2.24) is 30.4 Å². The number of hydrogen-bond donors (Lipinski definition) is 3. The molecule has 3 N–H and O–H groups in total. The molecule has 7 heterocycles. The van der Waals surface area contributed by atoms with Crippen molar-refractivity contribution in [2.24, 2.45) is 16.8 Å². The lowest BCUT2D eigenvalue weighted by Gasteiger charge is -2.30. The van der Waals surface area contributed by atoms with Gasteiger partial charge in [-0.05, 0) is 108 Å². The van der Waals surface area contributed by atoms with Gasteiger partial charge in [-0.1, -0.05) is 45.9 Å². The average molecular weight is 862 g/mol. The van der Waals surface area contributed by atoms with Gasteiger partial charge in [0.25, 0.3) is 0 Å². The largest absolute Gasteiger partial charge is 0.453 e. The number of amides is 4. The summed E-state index contributed by atoms with van der Waals surface area (Å²) in [4.78, 5) is 71.0. The highest BCUT2D eigenvalue weighted by atomic mass is 32.1. The van der Waals surface area contributed by atoms with E-state index < -0.39 is 24.3 Å². The van der Waals surface area contributed by atoms with E-state index in [1.807, 2.05) is 43.7 Å². The van der Waals surface area contributed by atoms with Crippen LogP contribution in [0.1, 0.15) is 107 Å². The van der Waals surface area contributed by atoms with Gasteiger partial charge in [-0.3, -0.25) is 14.6 Å². The molecule has 0 aliphatic carbocycles. The second-order valence-electron chi connectivity index (χ2n) is 17.7. The number of carbonyl (C=O) groups excluding carboxylic acids is 4. The molecule has 62 heavy (non-hydrogen) atoms. The SMILES string of the molecule is COC(=O)N[C@H](C(=O)N1CCC[C@H]1C1=Nc2ccc(-c3ccc(-c4ccc(-c5cnc([C@@H]6CCCN6C(=O)[C@@H](NC(=O)OC)C(C)C)[nH]5)s4)c4c3C3CCC4O3)cc2C1)C(C)C. The fraction of sp³-hybridized carbons (Fsp3) is 0.489. The second-order valence-corrected chi connectivity index (χ2v) is 18.8. The summed E-state index contributed by atoms with van der Waals surface area (Å²) in [5.41, 5.74) is 10.0. The highest BCUT2D eigenvalue weighted by Crippen LogP contribution is 2.57. The molecule has 9 rings (SSSR count). The van der Waals surface area contributed by atoms with E-state index in [9.17, 15) is 19.2 Å². The van der Waals surface area contributed by atoms with Crippen LogP contribution in [0.5, 0.6) is 0 Å². The number of benzene rings is 2. The third-order valence-electron chi connectivity index (χ3n) is 13.3. The summed E-state index contributed by atoms with van der Waals surface area (Å²) < 4.78 is 16.2. The number of H-pyrrole nitrogens is 1. The fourth-order valence-electron chi connectivity index (χ4n) is 10.2. The molecule has 2 aromatic heterocycles. The Morgan fingerprint density at radius 2 is 1.37 bits per heavy atom. The van der Waals surface area contributed by atoms with Crippen LogP contribution in [-0.4, -0.2) is 94.9 Å². The molecule has 6 atom stereocenters. The number of methoxy groups -OCH3 is 2. The molecule has 14 nitrogen and oxygen atoms in total. The fourth-order valence-corrected chi connectivity index (χ4v) is 11.2. The van der Waals surface area contributed by atoms with Crippen LogP contribution in [-0.2, 0) is 30.2 Å². The molecule has 5 aliphatic heterocycles. The molecule has 4 aromatic rings. The van der Waals surface area contributed by atoms with E-state index in [2.05, 4.69) is 58.1 Å². The molecule has 2 bridgehead atoms. The summed E-state index contributed by atoms with van der Waals surface area (Å²) >= 11 is 1.71. The monoisotopic (exact) mass is 861 g/mol. The third kappa shape index (κ3) is 7.56. The molecule has 2 unspecified atom stereocenters. The molecule has 2 aromatic carbocycles.